The Hall–Kier alpha value is -2.69. The Morgan fingerprint density at radius 2 is 2.03 bits per heavy atom. The number of aromatic nitrogens is 1. The van der Waals surface area contributed by atoms with Crippen LogP contribution in [0.25, 0.3) is 11.0 Å². The second-order valence-corrected chi connectivity index (χ2v) is 9.55. The Labute approximate surface area is 169 Å². The van der Waals surface area contributed by atoms with E-state index in [1.165, 1.54) is 18.7 Å². The van der Waals surface area contributed by atoms with Crippen LogP contribution in [-0.2, 0) is 27.4 Å². The summed E-state index contributed by atoms with van der Waals surface area (Å²) in [4.78, 5) is 16.5. The number of para-hydroxylation sites is 1. The summed E-state index contributed by atoms with van der Waals surface area (Å²) < 4.78 is 21.2. The normalized spacial score (nSPS) is 12.6. The van der Waals surface area contributed by atoms with Crippen molar-refractivity contribution in [3.63, 3.8) is 0 Å². The first-order valence-corrected chi connectivity index (χ1v) is 11.3. The molecule has 3 rings (SSSR count). The van der Waals surface area contributed by atoms with E-state index in [1.807, 2.05) is 24.3 Å². The molecule has 0 bridgehead atoms. The number of nitrogens with one attached hydrogen (secondary N) is 1. The van der Waals surface area contributed by atoms with Gasteiger partial charge in [0, 0.05) is 33.3 Å². The number of carbonyl (C=O) groups is 1. The molecule has 0 unspecified atom stereocenters. The lowest BCUT2D eigenvalue weighted by Gasteiger charge is -2.17. The summed E-state index contributed by atoms with van der Waals surface area (Å²) >= 11 is 0. The fourth-order valence-electron chi connectivity index (χ4n) is 2.91. The fourth-order valence-corrected chi connectivity index (χ4v) is 3.53. The van der Waals surface area contributed by atoms with Gasteiger partial charge in [-0.25, -0.2) is 4.21 Å². The molecule has 3 aromatic rings. The maximum atomic E-state index is 12.4. The van der Waals surface area contributed by atoms with Gasteiger partial charge in [-0.3, -0.25) is 9.78 Å². The lowest BCUT2D eigenvalue weighted by Crippen LogP contribution is -2.48. The number of nitrogens with zero attached hydrogens (tertiary/aromatic N) is 2. The molecular formula is C19H22BN3O5S. The molecule has 1 atom stereocenters. The predicted molar refractivity (Wildman–Crippen MR) is 112 cm³/mol. The number of benzene rings is 1. The molecule has 0 radical (unpaired) electrons. The molecule has 0 aliphatic heterocycles. The van der Waals surface area contributed by atoms with Crippen molar-refractivity contribution in [2.45, 2.75) is 18.8 Å². The Morgan fingerprint density at radius 3 is 2.69 bits per heavy atom. The first-order valence-electron chi connectivity index (χ1n) is 8.94. The highest BCUT2D eigenvalue weighted by atomic mass is 32.2. The standard InChI is InChI=1S/C19H22BN3O5S/c1-29(2,27)23-15-8-7-14(21-11-15)10-19(24)22-18(20(25)26)9-13-12-28-17-6-4-3-5-16(13)17/h3-8,11-12,18,25-26H,9-10H2,1-2H3,(H,22,24)/t18-/m0/s1. The second kappa shape index (κ2) is 8.77. The summed E-state index contributed by atoms with van der Waals surface area (Å²) in [7, 11) is -4.02. The van der Waals surface area contributed by atoms with E-state index in [2.05, 4.69) is 14.7 Å². The SMILES string of the molecule is CS(C)(=O)=Nc1ccc(CC(=O)N[C@@H](Cc2coc3ccccc23)B(O)O)nc1. The lowest BCUT2D eigenvalue weighted by molar-refractivity contribution is -0.120. The van der Waals surface area contributed by atoms with Crippen LogP contribution in [0.2, 0.25) is 0 Å². The average molecular weight is 415 g/mol. The second-order valence-electron chi connectivity index (χ2n) is 7.01. The van der Waals surface area contributed by atoms with Crippen LogP contribution in [0.5, 0.6) is 0 Å². The van der Waals surface area contributed by atoms with E-state index in [4.69, 9.17) is 4.42 Å². The summed E-state index contributed by atoms with van der Waals surface area (Å²) in [6.07, 6.45) is 6.22. The summed E-state index contributed by atoms with van der Waals surface area (Å²) in [5, 5.41) is 22.9. The number of hydrogen-bond acceptors (Lipinski definition) is 7. The summed E-state index contributed by atoms with van der Waals surface area (Å²) in [5.41, 5.74) is 2.42. The molecule has 0 aliphatic carbocycles. The largest absolute Gasteiger partial charge is 0.475 e. The van der Waals surface area contributed by atoms with Gasteiger partial charge in [-0.05, 0) is 30.2 Å². The van der Waals surface area contributed by atoms with E-state index in [9.17, 15) is 19.1 Å². The minimum Gasteiger partial charge on any atom is -0.464 e. The third-order valence-electron chi connectivity index (χ3n) is 4.18. The van der Waals surface area contributed by atoms with Crippen molar-refractivity contribution in [1.82, 2.24) is 10.3 Å². The average Bonchev–Trinajstić information content (AvgIpc) is 3.04. The molecule has 0 saturated heterocycles. The highest BCUT2D eigenvalue weighted by Crippen LogP contribution is 2.22. The Bertz CT molecular complexity index is 1110. The van der Waals surface area contributed by atoms with E-state index >= 15 is 0 Å². The highest BCUT2D eigenvalue weighted by Gasteiger charge is 2.27. The zero-order chi connectivity index (χ0) is 21.0. The van der Waals surface area contributed by atoms with Crippen LogP contribution < -0.4 is 5.32 Å². The molecule has 0 fully saturated rings. The summed E-state index contributed by atoms with van der Waals surface area (Å²) in [6, 6.07) is 10.7. The zero-order valence-electron chi connectivity index (χ0n) is 16.1. The fraction of sp³-hybridized carbons (Fsp3) is 0.263. The van der Waals surface area contributed by atoms with Gasteiger partial charge < -0.3 is 19.8 Å². The van der Waals surface area contributed by atoms with E-state index < -0.39 is 28.7 Å². The van der Waals surface area contributed by atoms with Crippen LogP contribution in [0, 0.1) is 0 Å². The molecule has 152 valence electrons. The molecule has 2 heterocycles. The van der Waals surface area contributed by atoms with E-state index in [-0.39, 0.29) is 12.8 Å². The Kier molecular flexibility index (Phi) is 6.36. The number of fused-ring (bicyclic) bond motifs is 1. The van der Waals surface area contributed by atoms with Crippen molar-refractivity contribution in [2.24, 2.45) is 4.36 Å². The van der Waals surface area contributed by atoms with Crippen molar-refractivity contribution in [2.75, 3.05) is 12.5 Å². The van der Waals surface area contributed by atoms with E-state index in [0.717, 1.165) is 10.9 Å². The molecule has 3 N–H and O–H groups in total. The first kappa shape index (κ1) is 21.0. The molecule has 8 nitrogen and oxygen atoms in total. The molecule has 0 aliphatic rings. The van der Waals surface area contributed by atoms with Gasteiger partial charge in [0.1, 0.15) is 5.58 Å². The topological polar surface area (TPSA) is 125 Å². The molecule has 0 saturated carbocycles. The maximum absolute atomic E-state index is 12.4. The van der Waals surface area contributed by atoms with E-state index in [1.54, 1.807) is 18.4 Å². The monoisotopic (exact) mass is 415 g/mol. The predicted octanol–water partition coefficient (Wildman–Crippen LogP) is 1.47. The van der Waals surface area contributed by atoms with Crippen LogP contribution in [0.4, 0.5) is 5.69 Å². The quantitative estimate of drug-likeness (QED) is 0.502. The molecule has 29 heavy (non-hydrogen) atoms. The van der Waals surface area contributed by atoms with E-state index in [0.29, 0.717) is 17.0 Å². The number of rotatable bonds is 7. The van der Waals surface area contributed by atoms with Crippen LogP contribution in [0.15, 0.2) is 57.6 Å². The smallest absolute Gasteiger partial charge is 0.464 e. The summed E-state index contributed by atoms with van der Waals surface area (Å²) in [6.45, 7) is 0. The van der Waals surface area contributed by atoms with Gasteiger partial charge in [0.15, 0.2) is 0 Å². The van der Waals surface area contributed by atoms with Gasteiger partial charge in [-0.1, -0.05) is 18.2 Å². The molecule has 0 spiro atoms. The van der Waals surface area contributed by atoms with Crippen LogP contribution in [-0.4, -0.2) is 50.7 Å². The minimum absolute atomic E-state index is 0.0384. The zero-order valence-corrected chi connectivity index (χ0v) is 16.9. The van der Waals surface area contributed by atoms with Crippen molar-refractivity contribution in [3.05, 3.63) is 60.1 Å². The van der Waals surface area contributed by atoms with Crippen LogP contribution >= 0.6 is 0 Å². The van der Waals surface area contributed by atoms with Gasteiger partial charge in [0.2, 0.25) is 5.91 Å². The highest BCUT2D eigenvalue weighted by molar-refractivity contribution is 7.92. The first-order chi connectivity index (χ1) is 13.7. The molecule has 2 aromatic heterocycles. The van der Waals surface area contributed by atoms with Gasteiger partial charge in [-0.15, -0.1) is 0 Å². The number of hydrogen-bond donors (Lipinski definition) is 3. The van der Waals surface area contributed by atoms with Crippen molar-refractivity contribution < 1.29 is 23.5 Å². The molecular weight excluding hydrogens is 393 g/mol. The van der Waals surface area contributed by atoms with Crippen LogP contribution in [0.1, 0.15) is 11.3 Å². The number of pyridine rings is 1. The van der Waals surface area contributed by atoms with Gasteiger partial charge in [-0.2, -0.15) is 4.36 Å². The van der Waals surface area contributed by atoms with Gasteiger partial charge in [0.05, 0.1) is 30.5 Å². The Balaban J connectivity index is 1.66. The minimum atomic E-state index is -2.29. The Morgan fingerprint density at radius 1 is 1.28 bits per heavy atom. The van der Waals surface area contributed by atoms with Crippen molar-refractivity contribution in [1.29, 1.82) is 0 Å². The molecule has 10 heteroatoms. The number of furan rings is 1. The van der Waals surface area contributed by atoms with Crippen molar-refractivity contribution in [3.8, 4) is 0 Å². The number of carbonyl (C=O) groups excluding carboxylic acids is 1. The molecule has 1 amide bonds. The number of amides is 1. The molecule has 1 aromatic carbocycles. The lowest BCUT2D eigenvalue weighted by atomic mass is 9.76. The van der Waals surface area contributed by atoms with Gasteiger partial charge >= 0.3 is 7.12 Å². The van der Waals surface area contributed by atoms with Crippen LogP contribution in [0.3, 0.4) is 0 Å². The third-order valence-corrected chi connectivity index (χ3v) is 4.83. The third kappa shape index (κ3) is 5.89. The van der Waals surface area contributed by atoms with Crippen molar-refractivity contribution >= 4 is 39.4 Å². The van der Waals surface area contributed by atoms with Gasteiger partial charge in [0.25, 0.3) is 0 Å². The summed E-state index contributed by atoms with van der Waals surface area (Å²) in [5.74, 6) is -1.30. The maximum Gasteiger partial charge on any atom is 0.475 e.